The molecule has 0 aliphatic carbocycles. The summed E-state index contributed by atoms with van der Waals surface area (Å²) in [5.41, 5.74) is 3.66. The summed E-state index contributed by atoms with van der Waals surface area (Å²) in [6, 6.07) is 19.5. The number of hydrogen-bond acceptors (Lipinski definition) is 6. The highest BCUT2D eigenvalue weighted by molar-refractivity contribution is 7.22. The van der Waals surface area contributed by atoms with Crippen molar-refractivity contribution in [3.8, 4) is 17.2 Å². The summed E-state index contributed by atoms with van der Waals surface area (Å²) in [5.74, 6) is 1.64. The largest absolute Gasteiger partial charge is 0.493 e. The van der Waals surface area contributed by atoms with Crippen molar-refractivity contribution in [3.63, 3.8) is 0 Å². The van der Waals surface area contributed by atoms with Crippen molar-refractivity contribution in [2.75, 3.05) is 26.2 Å². The lowest BCUT2D eigenvalue weighted by Crippen LogP contribution is -2.26. The number of carbonyl (C=O) groups excluding carboxylic acids is 1. The molecule has 1 amide bonds. The van der Waals surface area contributed by atoms with Crippen molar-refractivity contribution in [3.05, 3.63) is 71.8 Å². The minimum absolute atomic E-state index is 0.0305. The number of hydrogen-bond donors (Lipinski definition) is 0. The van der Waals surface area contributed by atoms with Gasteiger partial charge >= 0.3 is 0 Å². The molecular weight excluding hydrogens is 436 g/mol. The highest BCUT2D eigenvalue weighted by Gasteiger charge is 2.23. The Labute approximate surface area is 197 Å². The van der Waals surface area contributed by atoms with E-state index in [-0.39, 0.29) is 5.91 Å². The van der Waals surface area contributed by atoms with Crippen molar-refractivity contribution in [1.29, 1.82) is 0 Å². The molecule has 0 atom stereocenters. The molecule has 0 unspecified atom stereocenters. The minimum atomic E-state index is -0.0305. The van der Waals surface area contributed by atoms with Crippen LogP contribution in [0.5, 0.6) is 17.2 Å². The molecule has 1 heterocycles. The molecule has 0 radical (unpaired) electrons. The molecule has 0 fully saturated rings. The van der Waals surface area contributed by atoms with Gasteiger partial charge in [-0.3, -0.25) is 9.69 Å². The third-order valence-corrected chi connectivity index (χ3v) is 6.45. The first-order valence-corrected chi connectivity index (χ1v) is 11.4. The highest BCUT2D eigenvalue weighted by Crippen LogP contribution is 2.39. The lowest BCUT2D eigenvalue weighted by molar-refractivity contribution is -0.117. The summed E-state index contributed by atoms with van der Waals surface area (Å²) in [6.45, 7) is 2.00. The zero-order valence-corrected chi connectivity index (χ0v) is 19.9. The van der Waals surface area contributed by atoms with Crippen LogP contribution in [0, 0.1) is 6.92 Å². The van der Waals surface area contributed by atoms with Gasteiger partial charge in [-0.25, -0.2) is 4.98 Å². The van der Waals surface area contributed by atoms with E-state index in [0.717, 1.165) is 27.0 Å². The normalized spacial score (nSPS) is 10.8. The van der Waals surface area contributed by atoms with Crippen LogP contribution >= 0.6 is 11.3 Å². The van der Waals surface area contributed by atoms with Crippen LogP contribution in [-0.2, 0) is 11.2 Å². The first-order chi connectivity index (χ1) is 16.0. The third-order valence-electron chi connectivity index (χ3n) is 5.43. The van der Waals surface area contributed by atoms with Crippen LogP contribution in [0.2, 0.25) is 0 Å². The Hall–Kier alpha value is -3.58. The molecular formula is C26H26N2O4S. The van der Waals surface area contributed by atoms with Crippen molar-refractivity contribution in [2.45, 2.75) is 19.8 Å². The predicted octanol–water partition coefficient (Wildman–Crippen LogP) is 5.93. The van der Waals surface area contributed by atoms with Gasteiger partial charge in [0.05, 0.1) is 37.2 Å². The Morgan fingerprint density at radius 1 is 0.939 bits per heavy atom. The number of benzene rings is 3. The maximum Gasteiger partial charge on any atom is 0.233 e. The Morgan fingerprint density at radius 3 is 2.24 bits per heavy atom. The number of carbonyl (C=O) groups is 1. The van der Waals surface area contributed by atoms with E-state index in [9.17, 15) is 4.79 Å². The third kappa shape index (κ3) is 4.64. The maximum absolute atomic E-state index is 13.6. The number of anilines is 2. The van der Waals surface area contributed by atoms with E-state index in [1.54, 1.807) is 26.2 Å². The summed E-state index contributed by atoms with van der Waals surface area (Å²) in [5, 5.41) is 0.667. The average molecular weight is 463 g/mol. The zero-order chi connectivity index (χ0) is 23.4. The summed E-state index contributed by atoms with van der Waals surface area (Å²) in [7, 11) is 4.74. The zero-order valence-electron chi connectivity index (χ0n) is 19.1. The quantitative estimate of drug-likeness (QED) is 0.325. The van der Waals surface area contributed by atoms with Gasteiger partial charge in [-0.05, 0) is 54.8 Å². The van der Waals surface area contributed by atoms with E-state index in [0.29, 0.717) is 35.2 Å². The second kappa shape index (κ2) is 9.92. The molecule has 0 saturated carbocycles. The van der Waals surface area contributed by atoms with Crippen LogP contribution in [0.15, 0.2) is 60.7 Å². The van der Waals surface area contributed by atoms with Crippen LogP contribution in [-0.4, -0.2) is 32.2 Å². The molecule has 0 N–H and O–H groups in total. The van der Waals surface area contributed by atoms with Gasteiger partial charge in [0.2, 0.25) is 11.7 Å². The molecule has 0 saturated heterocycles. The molecule has 7 heteroatoms. The van der Waals surface area contributed by atoms with Gasteiger partial charge in [0.25, 0.3) is 0 Å². The molecule has 0 bridgehead atoms. The number of thiazole rings is 1. The van der Waals surface area contributed by atoms with Crippen LogP contribution in [0.1, 0.15) is 17.5 Å². The smallest absolute Gasteiger partial charge is 0.233 e. The first kappa shape index (κ1) is 22.6. The monoisotopic (exact) mass is 462 g/mol. The summed E-state index contributed by atoms with van der Waals surface area (Å²) >= 11 is 1.51. The highest BCUT2D eigenvalue weighted by atomic mass is 32.1. The Bertz CT molecular complexity index is 1230. The van der Waals surface area contributed by atoms with Crippen molar-refractivity contribution >= 4 is 38.3 Å². The van der Waals surface area contributed by atoms with Crippen LogP contribution in [0.4, 0.5) is 10.8 Å². The Balaban J connectivity index is 1.66. The van der Waals surface area contributed by atoms with Crippen LogP contribution < -0.4 is 19.1 Å². The Morgan fingerprint density at radius 2 is 1.61 bits per heavy atom. The molecule has 6 nitrogen and oxygen atoms in total. The number of aromatic nitrogens is 1. The second-order valence-corrected chi connectivity index (χ2v) is 8.52. The fourth-order valence-corrected chi connectivity index (χ4v) is 4.75. The summed E-state index contributed by atoms with van der Waals surface area (Å²) in [4.78, 5) is 20.1. The topological polar surface area (TPSA) is 60.9 Å². The maximum atomic E-state index is 13.6. The predicted molar refractivity (Wildman–Crippen MR) is 132 cm³/mol. The van der Waals surface area contributed by atoms with E-state index in [4.69, 9.17) is 19.2 Å². The first-order valence-electron chi connectivity index (χ1n) is 10.6. The molecule has 0 aliphatic rings. The van der Waals surface area contributed by atoms with Gasteiger partial charge in [-0.2, -0.15) is 0 Å². The van der Waals surface area contributed by atoms with E-state index in [2.05, 4.69) is 0 Å². The van der Waals surface area contributed by atoms with Crippen molar-refractivity contribution in [1.82, 2.24) is 4.98 Å². The summed E-state index contributed by atoms with van der Waals surface area (Å²) in [6.07, 6.45) is 0.811. The van der Waals surface area contributed by atoms with E-state index >= 15 is 0 Å². The standard InChI is InChI=1S/C26H26N2O4S/c1-17-9-5-7-11-20(17)28(26-27-19-10-6-8-12-23(19)33-26)24(29)14-13-18-15-21(30-2)25(32-4)22(16-18)31-3/h5-12,15-16H,13-14H2,1-4H3. The van der Waals surface area contributed by atoms with Crippen LogP contribution in [0.25, 0.3) is 10.2 Å². The number of para-hydroxylation sites is 2. The molecule has 4 rings (SSSR count). The van der Waals surface area contributed by atoms with Crippen molar-refractivity contribution < 1.29 is 19.0 Å². The molecule has 170 valence electrons. The number of amides is 1. The molecule has 4 aromatic rings. The van der Waals surface area contributed by atoms with E-state index in [1.807, 2.05) is 67.6 Å². The lowest BCUT2D eigenvalue weighted by Gasteiger charge is -2.22. The average Bonchev–Trinajstić information content (AvgIpc) is 3.27. The van der Waals surface area contributed by atoms with Crippen LogP contribution in [0.3, 0.4) is 0 Å². The van der Waals surface area contributed by atoms with Crippen molar-refractivity contribution in [2.24, 2.45) is 0 Å². The molecule has 1 aromatic heterocycles. The van der Waals surface area contributed by atoms with Gasteiger partial charge in [-0.15, -0.1) is 0 Å². The fraction of sp³-hybridized carbons (Fsp3) is 0.231. The minimum Gasteiger partial charge on any atom is -0.493 e. The number of fused-ring (bicyclic) bond motifs is 1. The molecule has 0 aliphatic heterocycles. The van der Waals surface area contributed by atoms with E-state index < -0.39 is 0 Å². The van der Waals surface area contributed by atoms with E-state index in [1.165, 1.54) is 11.3 Å². The number of ether oxygens (including phenoxy) is 3. The number of rotatable bonds is 8. The Kier molecular flexibility index (Phi) is 6.79. The van der Waals surface area contributed by atoms with Gasteiger partial charge in [0.1, 0.15) is 0 Å². The van der Waals surface area contributed by atoms with Gasteiger partial charge in [0, 0.05) is 6.42 Å². The fourth-order valence-electron chi connectivity index (χ4n) is 3.76. The SMILES string of the molecule is COc1cc(CCC(=O)N(c2nc3ccccc3s2)c2ccccc2C)cc(OC)c1OC. The lowest BCUT2D eigenvalue weighted by atomic mass is 10.1. The van der Waals surface area contributed by atoms with Gasteiger partial charge in [0.15, 0.2) is 16.6 Å². The number of methoxy groups -OCH3 is 3. The van der Waals surface area contributed by atoms with Gasteiger partial charge < -0.3 is 14.2 Å². The number of aryl methyl sites for hydroxylation is 2. The van der Waals surface area contributed by atoms with Gasteiger partial charge in [-0.1, -0.05) is 41.7 Å². The molecule has 0 spiro atoms. The molecule has 33 heavy (non-hydrogen) atoms. The second-order valence-electron chi connectivity index (χ2n) is 7.51. The number of nitrogens with zero attached hydrogens (tertiary/aromatic N) is 2. The summed E-state index contributed by atoms with van der Waals surface area (Å²) < 4.78 is 17.4. The molecule has 3 aromatic carbocycles.